The third-order valence-corrected chi connectivity index (χ3v) is 3.09. The summed E-state index contributed by atoms with van der Waals surface area (Å²) < 4.78 is 5.63. The molecule has 0 aromatic carbocycles. The Hall–Kier alpha value is -1.36. The van der Waals surface area contributed by atoms with Crippen molar-refractivity contribution in [1.82, 2.24) is 9.97 Å². The van der Waals surface area contributed by atoms with Gasteiger partial charge in [-0.2, -0.15) is 0 Å². The highest BCUT2D eigenvalue weighted by molar-refractivity contribution is 5.33. The fourth-order valence-corrected chi connectivity index (χ4v) is 2.03. The van der Waals surface area contributed by atoms with Crippen molar-refractivity contribution in [2.75, 3.05) is 18.5 Å². The smallest absolute Gasteiger partial charge is 0.252 e. The molecule has 0 spiro atoms. The van der Waals surface area contributed by atoms with Gasteiger partial charge in [0.05, 0.1) is 6.10 Å². The predicted octanol–water partition coefficient (Wildman–Crippen LogP) is 1.87. The third-order valence-electron chi connectivity index (χ3n) is 3.09. The number of nitrogens with zero attached hydrogens (tertiary/aromatic N) is 1. The molecule has 5 heteroatoms. The number of ether oxygens (including phenoxy) is 1. The van der Waals surface area contributed by atoms with Crippen LogP contribution in [0.2, 0.25) is 0 Å². The van der Waals surface area contributed by atoms with E-state index in [1.165, 1.54) is 12.5 Å². The van der Waals surface area contributed by atoms with E-state index in [0.29, 0.717) is 12.4 Å². The number of aromatic nitrogens is 2. The van der Waals surface area contributed by atoms with Gasteiger partial charge in [0.1, 0.15) is 11.6 Å². The van der Waals surface area contributed by atoms with Crippen molar-refractivity contribution in [3.05, 3.63) is 22.2 Å². The number of hydrogen-bond donors (Lipinski definition) is 2. The average molecular weight is 251 g/mol. The zero-order chi connectivity index (χ0) is 13.0. The lowest BCUT2D eigenvalue weighted by Gasteiger charge is -2.23. The lowest BCUT2D eigenvalue weighted by molar-refractivity contribution is 0.0247. The summed E-state index contributed by atoms with van der Waals surface area (Å²) >= 11 is 0. The molecule has 2 rings (SSSR count). The van der Waals surface area contributed by atoms with Crippen LogP contribution in [-0.4, -0.2) is 29.2 Å². The highest BCUT2D eigenvalue weighted by Crippen LogP contribution is 2.14. The second kappa shape index (κ2) is 6.00. The van der Waals surface area contributed by atoms with Gasteiger partial charge in [0, 0.05) is 25.1 Å². The van der Waals surface area contributed by atoms with Crippen molar-refractivity contribution in [3.8, 4) is 0 Å². The van der Waals surface area contributed by atoms with Gasteiger partial charge in [-0.15, -0.1) is 0 Å². The van der Waals surface area contributed by atoms with E-state index in [0.717, 1.165) is 25.3 Å². The van der Waals surface area contributed by atoms with Gasteiger partial charge in [0.25, 0.3) is 5.56 Å². The van der Waals surface area contributed by atoms with Crippen LogP contribution in [-0.2, 0) is 4.74 Å². The van der Waals surface area contributed by atoms with E-state index >= 15 is 0 Å². The minimum atomic E-state index is -0.110. The molecular weight excluding hydrogens is 230 g/mol. The number of anilines is 1. The van der Waals surface area contributed by atoms with E-state index in [1.54, 1.807) is 0 Å². The lowest BCUT2D eigenvalue weighted by Crippen LogP contribution is -2.28. The Morgan fingerprint density at radius 3 is 3.06 bits per heavy atom. The number of aromatic amines is 1. The van der Waals surface area contributed by atoms with Crippen LogP contribution in [0.3, 0.4) is 0 Å². The zero-order valence-corrected chi connectivity index (χ0v) is 11.0. The summed E-state index contributed by atoms with van der Waals surface area (Å²) in [5.74, 6) is 1.57. The highest BCUT2D eigenvalue weighted by atomic mass is 16.5. The van der Waals surface area contributed by atoms with Crippen molar-refractivity contribution >= 4 is 5.82 Å². The van der Waals surface area contributed by atoms with E-state index in [9.17, 15) is 4.79 Å². The molecule has 18 heavy (non-hydrogen) atoms. The Labute approximate surface area is 107 Å². The van der Waals surface area contributed by atoms with E-state index in [4.69, 9.17) is 4.74 Å². The van der Waals surface area contributed by atoms with E-state index in [1.807, 2.05) is 13.8 Å². The first-order valence-electron chi connectivity index (χ1n) is 6.62. The Bertz CT molecular complexity index is 436. The molecule has 1 aliphatic rings. The molecule has 1 saturated heterocycles. The summed E-state index contributed by atoms with van der Waals surface area (Å²) in [5, 5.41) is 3.19. The monoisotopic (exact) mass is 251 g/mol. The number of hydrogen-bond acceptors (Lipinski definition) is 4. The summed E-state index contributed by atoms with van der Waals surface area (Å²) in [6, 6.07) is 1.49. The summed E-state index contributed by atoms with van der Waals surface area (Å²) in [6.45, 7) is 5.57. The van der Waals surface area contributed by atoms with Crippen molar-refractivity contribution in [1.29, 1.82) is 0 Å². The van der Waals surface area contributed by atoms with Crippen LogP contribution in [0.25, 0.3) is 0 Å². The molecule has 0 bridgehead atoms. The molecular formula is C13H21N3O2. The van der Waals surface area contributed by atoms with Gasteiger partial charge >= 0.3 is 0 Å². The summed E-state index contributed by atoms with van der Waals surface area (Å²) in [5.41, 5.74) is -0.110. The van der Waals surface area contributed by atoms with Crippen LogP contribution in [0, 0.1) is 0 Å². The summed E-state index contributed by atoms with van der Waals surface area (Å²) in [4.78, 5) is 18.6. The topological polar surface area (TPSA) is 67.0 Å². The Morgan fingerprint density at radius 1 is 1.56 bits per heavy atom. The number of H-pyrrole nitrogens is 1. The summed E-state index contributed by atoms with van der Waals surface area (Å²) in [7, 11) is 0. The Balaban J connectivity index is 1.97. The molecule has 100 valence electrons. The van der Waals surface area contributed by atoms with Crippen molar-refractivity contribution < 1.29 is 4.74 Å². The maximum Gasteiger partial charge on any atom is 0.252 e. The molecule has 1 fully saturated rings. The largest absolute Gasteiger partial charge is 0.376 e. The first-order chi connectivity index (χ1) is 8.65. The second-order valence-electron chi connectivity index (χ2n) is 5.04. The summed E-state index contributed by atoms with van der Waals surface area (Å²) in [6.07, 6.45) is 3.68. The first-order valence-corrected chi connectivity index (χ1v) is 6.62. The molecule has 1 aromatic heterocycles. The molecule has 5 nitrogen and oxygen atoms in total. The molecule has 0 amide bonds. The van der Waals surface area contributed by atoms with Gasteiger partial charge in [-0.05, 0) is 19.3 Å². The normalized spacial score (nSPS) is 20.1. The van der Waals surface area contributed by atoms with Gasteiger partial charge in [0.2, 0.25) is 0 Å². The van der Waals surface area contributed by atoms with Gasteiger partial charge in [-0.3, -0.25) is 4.79 Å². The van der Waals surface area contributed by atoms with Crippen molar-refractivity contribution in [2.24, 2.45) is 0 Å². The van der Waals surface area contributed by atoms with Crippen LogP contribution >= 0.6 is 0 Å². The molecule has 1 unspecified atom stereocenters. The van der Waals surface area contributed by atoms with E-state index in [2.05, 4.69) is 15.3 Å². The van der Waals surface area contributed by atoms with Gasteiger partial charge in [0.15, 0.2) is 0 Å². The minimum Gasteiger partial charge on any atom is -0.376 e. The third kappa shape index (κ3) is 3.57. The van der Waals surface area contributed by atoms with Gasteiger partial charge in [-0.1, -0.05) is 13.8 Å². The van der Waals surface area contributed by atoms with Crippen LogP contribution < -0.4 is 10.9 Å². The zero-order valence-electron chi connectivity index (χ0n) is 11.0. The second-order valence-corrected chi connectivity index (χ2v) is 5.04. The molecule has 0 aliphatic carbocycles. The average Bonchev–Trinajstić information content (AvgIpc) is 2.37. The van der Waals surface area contributed by atoms with E-state index in [-0.39, 0.29) is 17.6 Å². The lowest BCUT2D eigenvalue weighted by atomic mass is 10.1. The minimum absolute atomic E-state index is 0.110. The number of nitrogens with one attached hydrogen (secondary N) is 2. The quantitative estimate of drug-likeness (QED) is 0.857. The van der Waals surface area contributed by atoms with Gasteiger partial charge in [-0.25, -0.2) is 4.98 Å². The molecule has 2 heterocycles. The predicted molar refractivity (Wildman–Crippen MR) is 71.0 cm³/mol. The van der Waals surface area contributed by atoms with Crippen LogP contribution in [0.4, 0.5) is 5.82 Å². The van der Waals surface area contributed by atoms with Crippen molar-refractivity contribution in [2.45, 2.75) is 45.1 Å². The van der Waals surface area contributed by atoms with Crippen LogP contribution in [0.5, 0.6) is 0 Å². The highest BCUT2D eigenvalue weighted by Gasteiger charge is 2.14. The standard InChI is InChI=1S/C13H21N3O2/c1-9(2)13-15-11(7-12(17)16-13)14-8-10-5-3-4-6-18-10/h7,9-10H,3-6,8H2,1-2H3,(H2,14,15,16,17). The first kappa shape index (κ1) is 13.1. The molecule has 0 radical (unpaired) electrons. The molecule has 1 aromatic rings. The Kier molecular flexibility index (Phi) is 4.36. The fourth-order valence-electron chi connectivity index (χ4n) is 2.03. The SMILES string of the molecule is CC(C)c1nc(NCC2CCCCO2)cc(=O)[nH]1. The van der Waals surface area contributed by atoms with Crippen LogP contribution in [0.15, 0.2) is 10.9 Å². The molecule has 2 N–H and O–H groups in total. The number of rotatable bonds is 4. The molecule has 1 aliphatic heterocycles. The fraction of sp³-hybridized carbons (Fsp3) is 0.692. The van der Waals surface area contributed by atoms with Crippen molar-refractivity contribution in [3.63, 3.8) is 0 Å². The Morgan fingerprint density at radius 2 is 2.39 bits per heavy atom. The van der Waals surface area contributed by atoms with Crippen LogP contribution in [0.1, 0.15) is 44.9 Å². The molecule has 1 atom stereocenters. The molecule has 0 saturated carbocycles. The maximum absolute atomic E-state index is 11.5. The van der Waals surface area contributed by atoms with Gasteiger partial charge < -0.3 is 15.0 Å². The van der Waals surface area contributed by atoms with E-state index < -0.39 is 0 Å². The maximum atomic E-state index is 11.5.